The van der Waals surface area contributed by atoms with Gasteiger partial charge in [-0.3, -0.25) is 9.59 Å². The predicted molar refractivity (Wildman–Crippen MR) is 46.2 cm³/mol. The van der Waals surface area contributed by atoms with Crippen LogP contribution in [0.25, 0.3) is 0 Å². The minimum Gasteiger partial charge on any atom is -0.481 e. The topological polar surface area (TPSA) is 63.6 Å². The number of carbonyl (C=O) groups is 2. The molecule has 0 aliphatic rings. The Balaban J connectivity index is 3.11. The van der Waals surface area contributed by atoms with E-state index >= 15 is 0 Å². The van der Waals surface area contributed by atoms with Gasteiger partial charge in [0.15, 0.2) is 0 Å². The van der Waals surface area contributed by atoms with E-state index in [0.717, 1.165) is 0 Å². The fourth-order valence-electron chi connectivity index (χ4n) is 0.519. The lowest BCUT2D eigenvalue weighted by Gasteiger charge is -1.98. The molecular weight excluding hydrogens is 180 g/mol. The Kier molecular flexibility index (Phi) is 6.55. The maximum atomic E-state index is 10.6. The molecule has 0 spiro atoms. The van der Waals surface area contributed by atoms with Crippen molar-refractivity contribution in [1.82, 2.24) is 0 Å². The molecule has 0 unspecified atom stereocenters. The third-order valence-corrected chi connectivity index (χ3v) is 2.12. The van der Waals surface area contributed by atoms with Crippen molar-refractivity contribution >= 4 is 23.7 Å². The Labute approximate surface area is 75.3 Å². The summed E-state index contributed by atoms with van der Waals surface area (Å²) in [6, 6.07) is 0. The monoisotopic (exact) mass is 192 g/mol. The summed E-state index contributed by atoms with van der Waals surface area (Å²) in [6.45, 7) is 0. The van der Waals surface area contributed by atoms with Crippen LogP contribution in [-0.2, 0) is 14.3 Å². The second kappa shape index (κ2) is 6.97. The molecule has 0 atom stereocenters. The summed E-state index contributed by atoms with van der Waals surface area (Å²) in [5.41, 5.74) is 0. The average molecular weight is 192 g/mol. The van der Waals surface area contributed by atoms with Crippen LogP contribution >= 0.6 is 11.8 Å². The zero-order valence-corrected chi connectivity index (χ0v) is 7.73. The van der Waals surface area contributed by atoms with Crippen molar-refractivity contribution in [3.8, 4) is 0 Å². The zero-order chi connectivity index (χ0) is 9.40. The number of methoxy groups -OCH3 is 1. The summed E-state index contributed by atoms with van der Waals surface area (Å²) < 4.78 is 4.41. The number of hydrogen-bond acceptors (Lipinski definition) is 4. The molecule has 0 bridgehead atoms. The molecule has 0 amide bonds. The van der Waals surface area contributed by atoms with Crippen LogP contribution in [0.3, 0.4) is 0 Å². The summed E-state index contributed by atoms with van der Waals surface area (Å²) in [7, 11) is 1.34. The number of carboxylic acids is 1. The Morgan fingerprint density at radius 1 is 1.33 bits per heavy atom. The zero-order valence-electron chi connectivity index (χ0n) is 6.91. The van der Waals surface area contributed by atoms with Crippen LogP contribution in [0.15, 0.2) is 0 Å². The largest absolute Gasteiger partial charge is 0.481 e. The van der Waals surface area contributed by atoms with Gasteiger partial charge in [-0.15, -0.1) is 0 Å². The molecule has 0 aromatic carbocycles. The van der Waals surface area contributed by atoms with E-state index in [0.29, 0.717) is 17.9 Å². The Hall–Kier alpha value is -0.710. The molecule has 0 aromatic heterocycles. The van der Waals surface area contributed by atoms with Crippen LogP contribution in [0.5, 0.6) is 0 Å². The van der Waals surface area contributed by atoms with Crippen molar-refractivity contribution in [3.63, 3.8) is 0 Å². The minimum atomic E-state index is -0.805. The highest BCUT2D eigenvalue weighted by Gasteiger charge is 2.00. The summed E-state index contributed by atoms with van der Waals surface area (Å²) >= 11 is 1.44. The molecular formula is C7H12O4S. The van der Waals surface area contributed by atoms with E-state index in [1.54, 1.807) is 0 Å². The van der Waals surface area contributed by atoms with Crippen molar-refractivity contribution in [2.75, 3.05) is 18.6 Å². The van der Waals surface area contributed by atoms with Gasteiger partial charge in [-0.1, -0.05) is 0 Å². The number of rotatable bonds is 6. The molecule has 1 N–H and O–H groups in total. The second-order valence-corrected chi connectivity index (χ2v) is 3.31. The normalized spacial score (nSPS) is 9.42. The van der Waals surface area contributed by atoms with Crippen LogP contribution in [0.4, 0.5) is 0 Å². The van der Waals surface area contributed by atoms with Gasteiger partial charge in [0.05, 0.1) is 20.0 Å². The average Bonchev–Trinajstić information content (AvgIpc) is 2.03. The lowest BCUT2D eigenvalue weighted by atomic mass is 10.5. The van der Waals surface area contributed by atoms with Crippen LogP contribution in [0.2, 0.25) is 0 Å². The van der Waals surface area contributed by atoms with Gasteiger partial charge >= 0.3 is 11.9 Å². The Bertz CT molecular complexity index is 157. The van der Waals surface area contributed by atoms with Crippen molar-refractivity contribution < 1.29 is 19.4 Å². The van der Waals surface area contributed by atoms with E-state index in [2.05, 4.69) is 4.74 Å². The number of esters is 1. The quantitative estimate of drug-likeness (QED) is 0.497. The number of carbonyl (C=O) groups excluding carboxylic acids is 1. The Morgan fingerprint density at radius 3 is 2.42 bits per heavy atom. The van der Waals surface area contributed by atoms with E-state index in [4.69, 9.17) is 5.11 Å². The van der Waals surface area contributed by atoms with E-state index in [9.17, 15) is 9.59 Å². The highest BCUT2D eigenvalue weighted by molar-refractivity contribution is 7.99. The summed E-state index contributed by atoms with van der Waals surface area (Å²) in [5.74, 6) is 0.116. The molecule has 0 aliphatic carbocycles. The maximum absolute atomic E-state index is 10.6. The number of ether oxygens (including phenoxy) is 1. The van der Waals surface area contributed by atoms with Crippen molar-refractivity contribution in [2.45, 2.75) is 12.8 Å². The summed E-state index contributed by atoms with van der Waals surface area (Å²) in [6.07, 6.45) is 0.493. The van der Waals surface area contributed by atoms with E-state index in [1.165, 1.54) is 18.9 Å². The van der Waals surface area contributed by atoms with Crippen molar-refractivity contribution in [2.24, 2.45) is 0 Å². The first-order valence-corrected chi connectivity index (χ1v) is 4.68. The van der Waals surface area contributed by atoms with Gasteiger partial charge in [-0.2, -0.15) is 11.8 Å². The molecule has 0 radical (unpaired) electrons. The molecule has 4 nitrogen and oxygen atoms in total. The molecule has 0 saturated carbocycles. The highest BCUT2D eigenvalue weighted by Crippen LogP contribution is 2.04. The molecule has 5 heteroatoms. The molecule has 0 saturated heterocycles. The SMILES string of the molecule is COC(=O)CCSCCC(=O)O. The third kappa shape index (κ3) is 7.40. The van der Waals surface area contributed by atoms with E-state index < -0.39 is 5.97 Å². The van der Waals surface area contributed by atoms with Gasteiger partial charge in [-0.05, 0) is 0 Å². The van der Waals surface area contributed by atoms with E-state index in [1.807, 2.05) is 0 Å². The van der Waals surface area contributed by atoms with Crippen LogP contribution in [0.1, 0.15) is 12.8 Å². The van der Waals surface area contributed by atoms with Crippen LogP contribution < -0.4 is 0 Å². The van der Waals surface area contributed by atoms with Crippen LogP contribution in [0, 0.1) is 0 Å². The van der Waals surface area contributed by atoms with Crippen LogP contribution in [-0.4, -0.2) is 35.7 Å². The number of hydrogen-bond donors (Lipinski definition) is 1. The Morgan fingerprint density at radius 2 is 1.92 bits per heavy atom. The van der Waals surface area contributed by atoms with E-state index in [-0.39, 0.29) is 12.4 Å². The minimum absolute atomic E-state index is 0.145. The molecule has 12 heavy (non-hydrogen) atoms. The van der Waals surface area contributed by atoms with Gasteiger partial charge in [0.25, 0.3) is 0 Å². The predicted octanol–water partition coefficient (Wildman–Crippen LogP) is 0.757. The summed E-state index contributed by atoms with van der Waals surface area (Å²) in [5, 5.41) is 8.26. The van der Waals surface area contributed by atoms with Crippen molar-refractivity contribution in [3.05, 3.63) is 0 Å². The number of aliphatic carboxylic acids is 1. The van der Waals surface area contributed by atoms with Gasteiger partial charge in [-0.25, -0.2) is 0 Å². The smallest absolute Gasteiger partial charge is 0.306 e. The number of thioether (sulfide) groups is 1. The fraction of sp³-hybridized carbons (Fsp3) is 0.714. The molecule has 0 aliphatic heterocycles. The number of carboxylic acid groups (broad SMARTS) is 1. The molecule has 0 rings (SSSR count). The molecule has 0 fully saturated rings. The second-order valence-electron chi connectivity index (χ2n) is 2.08. The highest BCUT2D eigenvalue weighted by atomic mass is 32.2. The lowest BCUT2D eigenvalue weighted by molar-refractivity contribution is -0.140. The first-order valence-electron chi connectivity index (χ1n) is 3.53. The first kappa shape index (κ1) is 11.3. The molecule has 0 aromatic rings. The standard InChI is InChI=1S/C7H12O4S/c1-11-7(10)3-5-12-4-2-6(8)9/h2-5H2,1H3,(H,8,9). The van der Waals surface area contributed by atoms with Gasteiger partial charge in [0.1, 0.15) is 0 Å². The fourth-order valence-corrected chi connectivity index (χ4v) is 1.35. The molecule has 0 heterocycles. The third-order valence-electron chi connectivity index (χ3n) is 1.14. The first-order chi connectivity index (χ1) is 5.66. The van der Waals surface area contributed by atoms with Gasteiger partial charge < -0.3 is 9.84 Å². The van der Waals surface area contributed by atoms with Gasteiger partial charge in [0.2, 0.25) is 0 Å². The maximum Gasteiger partial charge on any atom is 0.306 e. The lowest BCUT2D eigenvalue weighted by Crippen LogP contribution is -2.02. The summed E-state index contributed by atoms with van der Waals surface area (Å²) in [4.78, 5) is 20.6. The van der Waals surface area contributed by atoms with Crippen molar-refractivity contribution in [1.29, 1.82) is 0 Å². The van der Waals surface area contributed by atoms with Gasteiger partial charge in [0, 0.05) is 11.5 Å². The molecule has 70 valence electrons.